The fraction of sp³-hybridized carbons (Fsp3) is 0.625. The van der Waals surface area contributed by atoms with Crippen molar-refractivity contribution >= 4 is 0 Å². The van der Waals surface area contributed by atoms with Crippen LogP contribution in [0.3, 0.4) is 0 Å². The molecular weight excluding hydrogens is 257 g/mol. The van der Waals surface area contributed by atoms with Crippen LogP contribution in [0.5, 0.6) is 5.75 Å². The van der Waals surface area contributed by atoms with Gasteiger partial charge in [-0.15, -0.1) is 0 Å². The van der Waals surface area contributed by atoms with Crippen LogP contribution in [0.2, 0.25) is 0 Å². The molecule has 20 heavy (non-hydrogen) atoms. The topological polar surface area (TPSA) is 30.5 Å². The second-order valence-corrected chi connectivity index (χ2v) is 4.89. The Morgan fingerprint density at radius 2 is 2.05 bits per heavy atom. The minimum Gasteiger partial charge on any atom is -0.494 e. The highest BCUT2D eigenvalue weighted by Gasteiger charge is 2.18. The number of ether oxygens (including phenoxy) is 2. The van der Waals surface area contributed by atoms with Gasteiger partial charge in [0.1, 0.15) is 0 Å². The van der Waals surface area contributed by atoms with Gasteiger partial charge in [-0.2, -0.15) is 0 Å². The summed E-state index contributed by atoms with van der Waals surface area (Å²) in [7, 11) is 1.47. The monoisotopic (exact) mass is 283 g/mol. The highest BCUT2D eigenvalue weighted by atomic mass is 19.1. The van der Waals surface area contributed by atoms with E-state index in [4.69, 9.17) is 9.47 Å². The lowest BCUT2D eigenvalue weighted by Crippen LogP contribution is -2.42. The van der Waals surface area contributed by atoms with Gasteiger partial charge in [-0.1, -0.05) is 13.0 Å². The third kappa shape index (κ3) is 5.10. The average Bonchev–Trinajstić information content (AvgIpc) is 2.43. The van der Waals surface area contributed by atoms with E-state index in [9.17, 15) is 4.39 Å². The van der Waals surface area contributed by atoms with Crippen molar-refractivity contribution in [2.24, 2.45) is 0 Å². The fourth-order valence-electron chi connectivity index (χ4n) is 2.20. The molecular formula is C16H26FNO2. The molecule has 0 amide bonds. The summed E-state index contributed by atoms with van der Waals surface area (Å²) in [5, 5.41) is 3.47. The number of benzene rings is 1. The molecule has 0 radical (unpaired) electrons. The fourth-order valence-corrected chi connectivity index (χ4v) is 2.20. The molecule has 0 aliphatic heterocycles. The van der Waals surface area contributed by atoms with Crippen LogP contribution >= 0.6 is 0 Å². The van der Waals surface area contributed by atoms with Crippen molar-refractivity contribution in [3.63, 3.8) is 0 Å². The van der Waals surface area contributed by atoms with Crippen LogP contribution in [-0.2, 0) is 11.2 Å². The average molecular weight is 283 g/mol. The third-order valence-electron chi connectivity index (χ3n) is 3.32. The van der Waals surface area contributed by atoms with Gasteiger partial charge in [0.05, 0.1) is 13.2 Å². The van der Waals surface area contributed by atoms with E-state index >= 15 is 0 Å². The van der Waals surface area contributed by atoms with E-state index in [2.05, 4.69) is 19.2 Å². The van der Waals surface area contributed by atoms with E-state index < -0.39 is 0 Å². The lowest BCUT2D eigenvalue weighted by atomic mass is 10.0. The van der Waals surface area contributed by atoms with Crippen molar-refractivity contribution in [1.82, 2.24) is 5.32 Å². The normalized spacial score (nSPS) is 14.1. The second kappa shape index (κ2) is 8.93. The van der Waals surface area contributed by atoms with Gasteiger partial charge in [0.25, 0.3) is 0 Å². The van der Waals surface area contributed by atoms with Gasteiger partial charge >= 0.3 is 0 Å². The van der Waals surface area contributed by atoms with Gasteiger partial charge in [-0.25, -0.2) is 4.39 Å². The van der Waals surface area contributed by atoms with Gasteiger partial charge in [0, 0.05) is 12.6 Å². The summed E-state index contributed by atoms with van der Waals surface area (Å²) < 4.78 is 24.3. The lowest BCUT2D eigenvalue weighted by molar-refractivity contribution is 0.0476. The summed E-state index contributed by atoms with van der Waals surface area (Å²) in [6.07, 6.45) is 1.89. The number of rotatable bonds is 9. The molecule has 0 bridgehead atoms. The maximum absolute atomic E-state index is 13.7. The minimum absolute atomic E-state index is 0.0942. The van der Waals surface area contributed by atoms with Crippen LogP contribution < -0.4 is 10.1 Å². The van der Waals surface area contributed by atoms with Gasteiger partial charge in [0.15, 0.2) is 11.6 Å². The summed E-state index contributed by atoms with van der Waals surface area (Å²) in [4.78, 5) is 0. The molecule has 1 N–H and O–H groups in total. The van der Waals surface area contributed by atoms with Crippen LogP contribution in [0.1, 0.15) is 32.8 Å². The summed E-state index contributed by atoms with van der Waals surface area (Å²) >= 11 is 0. The maximum atomic E-state index is 13.7. The second-order valence-electron chi connectivity index (χ2n) is 4.89. The van der Waals surface area contributed by atoms with E-state index in [1.54, 1.807) is 6.07 Å². The third-order valence-corrected chi connectivity index (χ3v) is 3.32. The number of halogens is 1. The van der Waals surface area contributed by atoms with Crippen LogP contribution in [0.25, 0.3) is 0 Å². The molecule has 114 valence electrons. The zero-order valence-electron chi connectivity index (χ0n) is 12.9. The molecule has 2 atom stereocenters. The van der Waals surface area contributed by atoms with Crippen molar-refractivity contribution in [3.05, 3.63) is 29.6 Å². The number of hydrogen-bond acceptors (Lipinski definition) is 3. The summed E-state index contributed by atoms with van der Waals surface area (Å²) in [6, 6.07) is 5.30. The smallest absolute Gasteiger partial charge is 0.165 e. The molecule has 0 aliphatic rings. The molecule has 1 aromatic carbocycles. The van der Waals surface area contributed by atoms with Gasteiger partial charge in [0.2, 0.25) is 0 Å². The molecule has 1 aromatic rings. The summed E-state index contributed by atoms with van der Waals surface area (Å²) in [5.41, 5.74) is 0.948. The van der Waals surface area contributed by atoms with Crippen molar-refractivity contribution in [2.75, 3.05) is 20.3 Å². The van der Waals surface area contributed by atoms with Gasteiger partial charge < -0.3 is 14.8 Å². The van der Waals surface area contributed by atoms with Crippen molar-refractivity contribution in [1.29, 1.82) is 0 Å². The minimum atomic E-state index is -0.316. The molecule has 0 aromatic heterocycles. The van der Waals surface area contributed by atoms with Crippen LogP contribution in [0.15, 0.2) is 18.2 Å². The Balaban J connectivity index is 2.74. The van der Waals surface area contributed by atoms with Gasteiger partial charge in [-0.05, 0) is 50.9 Å². The molecule has 0 fully saturated rings. The first-order chi connectivity index (χ1) is 9.62. The molecule has 2 unspecified atom stereocenters. The Kier molecular flexibility index (Phi) is 7.55. The van der Waals surface area contributed by atoms with Gasteiger partial charge in [-0.3, -0.25) is 0 Å². The predicted molar refractivity (Wildman–Crippen MR) is 79.8 cm³/mol. The molecule has 0 saturated heterocycles. The maximum Gasteiger partial charge on any atom is 0.165 e. The molecule has 0 aliphatic carbocycles. The number of nitrogens with one attached hydrogen (secondary N) is 1. The Bertz CT molecular complexity index is 398. The Hall–Kier alpha value is -1.13. The lowest BCUT2D eigenvalue weighted by Gasteiger charge is -2.25. The first-order valence-electron chi connectivity index (χ1n) is 7.29. The standard InChI is InChI=1S/C16H26FNO2/c1-5-9-18-15(12(3)20-6-2)11-13-7-8-16(19-4)14(17)10-13/h7-8,10,12,15,18H,5-6,9,11H2,1-4H3. The Morgan fingerprint density at radius 1 is 1.30 bits per heavy atom. The zero-order valence-corrected chi connectivity index (χ0v) is 12.9. The quantitative estimate of drug-likeness (QED) is 0.755. The van der Waals surface area contributed by atoms with Crippen LogP contribution in [-0.4, -0.2) is 32.4 Å². The summed E-state index contributed by atoms with van der Waals surface area (Å²) in [6.45, 7) is 7.78. The van der Waals surface area contributed by atoms with E-state index in [-0.39, 0.29) is 23.7 Å². The first-order valence-corrected chi connectivity index (χ1v) is 7.29. The van der Waals surface area contributed by atoms with Crippen LogP contribution in [0.4, 0.5) is 4.39 Å². The molecule has 0 heterocycles. The molecule has 4 heteroatoms. The number of methoxy groups -OCH3 is 1. The predicted octanol–water partition coefficient (Wildman–Crippen LogP) is 3.17. The highest BCUT2D eigenvalue weighted by molar-refractivity contribution is 5.29. The van der Waals surface area contributed by atoms with Crippen LogP contribution in [0, 0.1) is 5.82 Å². The van der Waals surface area contributed by atoms with E-state index in [1.165, 1.54) is 13.2 Å². The Morgan fingerprint density at radius 3 is 2.60 bits per heavy atom. The van der Waals surface area contributed by atoms with E-state index in [1.807, 2.05) is 13.0 Å². The summed E-state index contributed by atoms with van der Waals surface area (Å²) in [5.74, 6) is -0.0343. The molecule has 1 rings (SSSR count). The molecule has 0 spiro atoms. The number of hydrogen-bond donors (Lipinski definition) is 1. The largest absolute Gasteiger partial charge is 0.494 e. The van der Waals surface area contributed by atoms with Crippen molar-refractivity contribution in [3.8, 4) is 5.75 Å². The van der Waals surface area contributed by atoms with Crippen molar-refractivity contribution < 1.29 is 13.9 Å². The van der Waals surface area contributed by atoms with Crippen molar-refractivity contribution in [2.45, 2.75) is 45.8 Å². The highest BCUT2D eigenvalue weighted by Crippen LogP contribution is 2.19. The molecule has 3 nitrogen and oxygen atoms in total. The Labute approximate surface area is 121 Å². The van der Waals surface area contributed by atoms with E-state index in [0.717, 1.165) is 24.9 Å². The first kappa shape index (κ1) is 16.9. The zero-order chi connectivity index (χ0) is 15.0. The SMILES string of the molecule is CCCNC(Cc1ccc(OC)c(F)c1)C(C)OCC. The molecule has 0 saturated carbocycles. The van der Waals surface area contributed by atoms with E-state index in [0.29, 0.717) is 6.61 Å².